The van der Waals surface area contributed by atoms with E-state index in [0.29, 0.717) is 12.0 Å². The molecule has 2 aromatic rings. The molecular weight excluding hydrogens is 252 g/mol. The van der Waals surface area contributed by atoms with E-state index in [-0.39, 0.29) is 0 Å². The zero-order chi connectivity index (χ0) is 14.5. The molecule has 5 heteroatoms. The number of nitrogens with one attached hydrogen (secondary N) is 2. The Bertz CT molecular complexity index is 584. The van der Waals surface area contributed by atoms with Gasteiger partial charge >= 0.3 is 0 Å². The lowest BCUT2D eigenvalue weighted by atomic mass is 10.3. The van der Waals surface area contributed by atoms with Crippen LogP contribution in [-0.4, -0.2) is 23.1 Å². The minimum Gasteiger partial charge on any atom is -0.495 e. The van der Waals surface area contributed by atoms with E-state index in [4.69, 9.17) is 4.74 Å². The van der Waals surface area contributed by atoms with Crippen LogP contribution in [0, 0.1) is 6.92 Å². The minimum atomic E-state index is 0.323. The normalized spacial score (nSPS) is 10.4. The number of methoxy groups -OCH3 is 1. The number of aryl methyl sites for hydroxylation is 1. The third kappa shape index (κ3) is 3.60. The summed E-state index contributed by atoms with van der Waals surface area (Å²) in [5, 5.41) is 6.47. The third-order valence-corrected chi connectivity index (χ3v) is 2.64. The first-order valence-corrected chi connectivity index (χ1v) is 6.60. The lowest BCUT2D eigenvalue weighted by Gasteiger charge is -2.13. The van der Waals surface area contributed by atoms with Gasteiger partial charge in [0.05, 0.1) is 12.8 Å². The first-order chi connectivity index (χ1) is 9.58. The molecule has 20 heavy (non-hydrogen) atoms. The molecule has 1 aromatic carbocycles. The molecule has 5 nitrogen and oxygen atoms in total. The molecule has 106 valence electrons. The number of rotatable bonds is 5. The molecular formula is C15H20N4O. The monoisotopic (exact) mass is 272 g/mol. The predicted octanol–water partition coefficient (Wildman–Crippen LogP) is 3.36. The van der Waals surface area contributed by atoms with E-state index in [2.05, 4.69) is 34.4 Å². The Morgan fingerprint density at radius 2 is 1.90 bits per heavy atom. The summed E-state index contributed by atoms with van der Waals surface area (Å²) in [5.41, 5.74) is 1.75. The molecule has 1 heterocycles. The molecule has 0 spiro atoms. The fourth-order valence-corrected chi connectivity index (χ4v) is 1.86. The smallest absolute Gasteiger partial charge is 0.229 e. The number of benzene rings is 1. The van der Waals surface area contributed by atoms with E-state index < -0.39 is 0 Å². The molecule has 0 unspecified atom stereocenters. The van der Waals surface area contributed by atoms with Crippen molar-refractivity contribution in [2.45, 2.75) is 26.8 Å². The van der Waals surface area contributed by atoms with Gasteiger partial charge in [0.1, 0.15) is 11.6 Å². The highest BCUT2D eigenvalue weighted by Crippen LogP contribution is 2.26. The minimum absolute atomic E-state index is 0.323. The SMILES string of the molecule is COc1ccccc1Nc1nc(C)cc(NC(C)C)n1. The zero-order valence-corrected chi connectivity index (χ0v) is 12.3. The van der Waals surface area contributed by atoms with Crippen molar-refractivity contribution in [2.75, 3.05) is 17.7 Å². The molecule has 0 amide bonds. The molecule has 0 saturated heterocycles. The van der Waals surface area contributed by atoms with E-state index in [9.17, 15) is 0 Å². The molecule has 0 radical (unpaired) electrons. The van der Waals surface area contributed by atoms with Crippen LogP contribution in [0.5, 0.6) is 5.75 Å². The van der Waals surface area contributed by atoms with E-state index in [1.807, 2.05) is 37.3 Å². The van der Waals surface area contributed by atoms with E-state index in [1.165, 1.54) is 0 Å². The number of para-hydroxylation sites is 2. The summed E-state index contributed by atoms with van der Waals surface area (Å²) < 4.78 is 5.31. The second-order valence-corrected chi connectivity index (χ2v) is 4.84. The molecule has 2 rings (SSSR count). The van der Waals surface area contributed by atoms with Gasteiger partial charge in [-0.05, 0) is 32.9 Å². The molecule has 1 aromatic heterocycles. The van der Waals surface area contributed by atoms with Crippen LogP contribution in [0.3, 0.4) is 0 Å². The second-order valence-electron chi connectivity index (χ2n) is 4.84. The van der Waals surface area contributed by atoms with Crippen LogP contribution in [0.25, 0.3) is 0 Å². The molecule has 0 aliphatic heterocycles. The predicted molar refractivity (Wildman–Crippen MR) is 81.8 cm³/mol. The summed E-state index contributed by atoms with van der Waals surface area (Å²) in [4.78, 5) is 8.85. The fourth-order valence-electron chi connectivity index (χ4n) is 1.86. The van der Waals surface area contributed by atoms with Crippen molar-refractivity contribution in [3.8, 4) is 5.75 Å². The summed E-state index contributed by atoms with van der Waals surface area (Å²) in [7, 11) is 1.64. The Labute approximate surface area is 119 Å². The maximum absolute atomic E-state index is 5.31. The van der Waals surface area contributed by atoms with Crippen LogP contribution in [0.4, 0.5) is 17.5 Å². The number of hydrogen-bond donors (Lipinski definition) is 2. The van der Waals surface area contributed by atoms with Crippen LogP contribution in [-0.2, 0) is 0 Å². The number of ether oxygens (including phenoxy) is 1. The standard InChI is InChI=1S/C15H20N4O/c1-10(2)16-14-9-11(3)17-15(19-14)18-12-7-5-6-8-13(12)20-4/h5-10H,1-4H3,(H2,16,17,18,19). The van der Waals surface area contributed by atoms with Gasteiger partial charge in [-0.3, -0.25) is 0 Å². The Balaban J connectivity index is 2.26. The molecule has 0 atom stereocenters. The van der Waals surface area contributed by atoms with Crippen molar-refractivity contribution in [1.82, 2.24) is 9.97 Å². The van der Waals surface area contributed by atoms with Gasteiger partial charge in [0.15, 0.2) is 0 Å². The number of hydrogen-bond acceptors (Lipinski definition) is 5. The molecule has 0 fully saturated rings. The van der Waals surface area contributed by atoms with Crippen LogP contribution in [0.1, 0.15) is 19.5 Å². The summed E-state index contributed by atoms with van der Waals surface area (Å²) in [6.45, 7) is 6.09. The molecule has 0 aliphatic carbocycles. The fraction of sp³-hybridized carbons (Fsp3) is 0.333. The van der Waals surface area contributed by atoms with Crippen molar-refractivity contribution >= 4 is 17.5 Å². The van der Waals surface area contributed by atoms with Gasteiger partial charge in [0.25, 0.3) is 0 Å². The summed E-state index contributed by atoms with van der Waals surface area (Å²) in [6, 6.07) is 9.93. The van der Waals surface area contributed by atoms with E-state index in [1.54, 1.807) is 7.11 Å². The van der Waals surface area contributed by atoms with Crippen LogP contribution in [0.15, 0.2) is 30.3 Å². The van der Waals surface area contributed by atoms with Gasteiger partial charge in [0.2, 0.25) is 5.95 Å². The summed E-state index contributed by atoms with van der Waals surface area (Å²) >= 11 is 0. The van der Waals surface area contributed by atoms with Crippen molar-refractivity contribution in [3.63, 3.8) is 0 Å². The Hall–Kier alpha value is -2.30. The van der Waals surface area contributed by atoms with Crippen molar-refractivity contribution in [2.24, 2.45) is 0 Å². The Morgan fingerprint density at radius 3 is 2.60 bits per heavy atom. The maximum atomic E-state index is 5.31. The average molecular weight is 272 g/mol. The topological polar surface area (TPSA) is 59.1 Å². The van der Waals surface area contributed by atoms with Crippen molar-refractivity contribution < 1.29 is 4.74 Å². The summed E-state index contributed by atoms with van der Waals surface area (Å²) in [5.74, 6) is 2.12. The van der Waals surface area contributed by atoms with Crippen LogP contribution >= 0.6 is 0 Å². The number of aromatic nitrogens is 2. The Kier molecular flexibility index (Phi) is 4.40. The first-order valence-electron chi connectivity index (χ1n) is 6.60. The Morgan fingerprint density at radius 1 is 1.15 bits per heavy atom. The van der Waals surface area contributed by atoms with Gasteiger partial charge < -0.3 is 15.4 Å². The lowest BCUT2D eigenvalue weighted by Crippen LogP contribution is -2.12. The van der Waals surface area contributed by atoms with Crippen LogP contribution in [0.2, 0.25) is 0 Å². The number of anilines is 3. The first kappa shape index (κ1) is 14.1. The lowest BCUT2D eigenvalue weighted by molar-refractivity contribution is 0.417. The van der Waals surface area contributed by atoms with Crippen molar-refractivity contribution in [1.29, 1.82) is 0 Å². The van der Waals surface area contributed by atoms with Gasteiger partial charge in [-0.15, -0.1) is 0 Å². The van der Waals surface area contributed by atoms with Crippen LogP contribution < -0.4 is 15.4 Å². The van der Waals surface area contributed by atoms with Gasteiger partial charge in [-0.2, -0.15) is 4.98 Å². The number of nitrogens with zero attached hydrogens (tertiary/aromatic N) is 2. The van der Waals surface area contributed by atoms with Gasteiger partial charge in [-0.25, -0.2) is 4.98 Å². The largest absolute Gasteiger partial charge is 0.495 e. The van der Waals surface area contributed by atoms with Gasteiger partial charge in [0, 0.05) is 17.8 Å². The molecule has 0 aliphatic rings. The van der Waals surface area contributed by atoms with Crippen molar-refractivity contribution in [3.05, 3.63) is 36.0 Å². The third-order valence-electron chi connectivity index (χ3n) is 2.64. The highest BCUT2D eigenvalue weighted by atomic mass is 16.5. The zero-order valence-electron chi connectivity index (χ0n) is 12.3. The highest BCUT2D eigenvalue weighted by Gasteiger charge is 2.06. The summed E-state index contributed by atoms with van der Waals surface area (Å²) in [6.07, 6.45) is 0. The van der Waals surface area contributed by atoms with E-state index >= 15 is 0 Å². The molecule has 0 bridgehead atoms. The van der Waals surface area contributed by atoms with E-state index in [0.717, 1.165) is 22.9 Å². The second kappa shape index (κ2) is 6.23. The van der Waals surface area contributed by atoms with Gasteiger partial charge in [-0.1, -0.05) is 12.1 Å². The highest BCUT2D eigenvalue weighted by molar-refractivity contribution is 5.63. The quantitative estimate of drug-likeness (QED) is 0.874. The average Bonchev–Trinajstić information content (AvgIpc) is 2.37. The molecule has 2 N–H and O–H groups in total. The molecule has 0 saturated carbocycles. The maximum Gasteiger partial charge on any atom is 0.229 e.